The van der Waals surface area contributed by atoms with Gasteiger partial charge in [0, 0.05) is 5.33 Å². The minimum absolute atomic E-state index is 1.13. The summed E-state index contributed by atoms with van der Waals surface area (Å²) in [7, 11) is -5.39. The molecule has 0 atom stereocenters. The fourth-order valence-electron chi connectivity index (χ4n) is 0. The zero-order valence-electron chi connectivity index (χ0n) is 4.87. The molecule has 0 spiro atoms. The molecule has 6 heteroatoms. The van der Waals surface area contributed by atoms with Crippen LogP contribution >= 0.6 is 23.8 Å². The lowest BCUT2D eigenvalue weighted by atomic mass is 10.6. The Morgan fingerprint density at radius 2 is 1.56 bits per heavy atom. The monoisotopic (exact) mass is 217 g/mol. The molecule has 0 aromatic carbocycles. The van der Waals surface area contributed by atoms with E-state index in [1.165, 1.54) is 6.42 Å². The Labute approximate surface area is 62.3 Å². The lowest BCUT2D eigenvalue weighted by molar-refractivity contribution is -0.432. The molecule has 0 saturated heterocycles. The molecule has 0 unspecified atom stereocenters. The molecule has 0 aromatic heterocycles. The highest BCUT2D eigenvalue weighted by Gasteiger charge is 1.58. The summed E-state index contributed by atoms with van der Waals surface area (Å²) in [6.45, 7) is 2.13. The Bertz CT molecular complexity index is 79.5. The van der Waals surface area contributed by atoms with E-state index in [9.17, 15) is 0 Å². The van der Waals surface area contributed by atoms with Crippen molar-refractivity contribution in [3.8, 4) is 0 Å². The average molecular weight is 218 g/mol. The molecule has 4 nitrogen and oxygen atoms in total. The van der Waals surface area contributed by atoms with Gasteiger partial charge in [0.15, 0.2) is 0 Å². The second-order valence-corrected chi connectivity index (χ2v) is 2.82. The van der Waals surface area contributed by atoms with Crippen molar-refractivity contribution >= 4 is 23.8 Å². The predicted molar refractivity (Wildman–Crippen MR) is 31.7 cm³/mol. The van der Waals surface area contributed by atoms with Crippen LogP contribution < -0.4 is 14.7 Å². The Morgan fingerprint density at radius 1 is 1.44 bits per heavy atom. The van der Waals surface area contributed by atoms with Gasteiger partial charge in [0.25, 0.3) is 0 Å². The minimum Gasteiger partial charge on any atom is -0.822 e. The molecule has 0 aliphatic carbocycles. The first-order valence-electron chi connectivity index (χ1n) is 2.20. The zero-order valence-corrected chi connectivity index (χ0v) is 7.35. The molecule has 0 rings (SSSR count). The van der Waals surface area contributed by atoms with Crippen LogP contribution in [-0.4, -0.2) is 5.33 Å². The van der Waals surface area contributed by atoms with Crippen molar-refractivity contribution in [1.29, 1.82) is 0 Å². The van der Waals surface area contributed by atoms with Gasteiger partial charge in [-0.05, 0) is 6.42 Å². The summed E-state index contributed by atoms with van der Waals surface area (Å²) in [5, 5.41) is 1.13. The summed E-state index contributed by atoms with van der Waals surface area (Å²) in [6.07, 6.45) is 1.24. The third-order valence-corrected chi connectivity index (χ3v) is 0.982. The second kappa shape index (κ2) is 6.71. The Hall–Kier alpha value is 0.590. The standard InChI is InChI=1S/C3H7Br.H3O4P/c1-2-3-4;1-5(2,3)4/h2-3H2,1H3;(H3,1,2,3,4)/p-3. The summed E-state index contributed by atoms with van der Waals surface area (Å²) in [4.78, 5) is 25.6. The van der Waals surface area contributed by atoms with Crippen molar-refractivity contribution in [2.45, 2.75) is 13.3 Å². The molecule has 0 fully saturated rings. The van der Waals surface area contributed by atoms with Crippen molar-refractivity contribution in [3.05, 3.63) is 0 Å². The van der Waals surface area contributed by atoms with E-state index in [1.807, 2.05) is 0 Å². The van der Waals surface area contributed by atoms with Crippen LogP contribution in [0.15, 0.2) is 0 Å². The van der Waals surface area contributed by atoms with Crippen LogP contribution in [0.2, 0.25) is 0 Å². The Morgan fingerprint density at radius 3 is 1.56 bits per heavy atom. The lowest BCUT2D eigenvalue weighted by Crippen LogP contribution is -2.24. The maximum Gasteiger partial charge on any atom is 0.00286 e. The van der Waals surface area contributed by atoms with Gasteiger partial charge in [0.05, 0.1) is 0 Å². The van der Waals surface area contributed by atoms with E-state index in [2.05, 4.69) is 22.9 Å². The highest BCUT2D eigenvalue weighted by atomic mass is 79.9. The highest BCUT2D eigenvalue weighted by Crippen LogP contribution is 2.03. The van der Waals surface area contributed by atoms with Crippen LogP contribution in [0, 0.1) is 0 Å². The molecule has 0 amide bonds. The first-order chi connectivity index (χ1) is 3.91. The van der Waals surface area contributed by atoms with Crippen LogP contribution in [0.3, 0.4) is 0 Å². The summed E-state index contributed by atoms with van der Waals surface area (Å²) in [5.41, 5.74) is 0. The van der Waals surface area contributed by atoms with Gasteiger partial charge in [-0.3, -0.25) is 0 Å². The molecule has 0 radical (unpaired) electrons. The fraction of sp³-hybridized carbons (Fsp3) is 1.00. The summed E-state index contributed by atoms with van der Waals surface area (Å²) < 4.78 is 8.55. The number of phosphoric acid groups is 1. The summed E-state index contributed by atoms with van der Waals surface area (Å²) in [5.74, 6) is 0. The van der Waals surface area contributed by atoms with E-state index in [4.69, 9.17) is 19.2 Å². The molecule has 9 heavy (non-hydrogen) atoms. The van der Waals surface area contributed by atoms with Gasteiger partial charge in [0.2, 0.25) is 0 Å². The number of hydrogen-bond donors (Lipinski definition) is 0. The van der Waals surface area contributed by atoms with Gasteiger partial charge in [-0.1, -0.05) is 22.9 Å². The molecule has 0 aliphatic heterocycles. The molecule has 0 N–H and O–H groups in total. The number of hydrogen-bond acceptors (Lipinski definition) is 4. The number of alkyl halides is 1. The SMILES string of the molecule is CCCBr.O=P([O-])([O-])[O-]. The van der Waals surface area contributed by atoms with Gasteiger partial charge in [0.1, 0.15) is 0 Å². The molecule has 0 aliphatic rings. The zero-order chi connectivity index (χ0) is 7.91. The van der Waals surface area contributed by atoms with E-state index in [-0.39, 0.29) is 0 Å². The first-order valence-corrected chi connectivity index (χ1v) is 4.79. The van der Waals surface area contributed by atoms with E-state index in [0.717, 1.165) is 5.33 Å². The summed E-state index contributed by atoms with van der Waals surface area (Å²) >= 11 is 3.25. The second-order valence-electron chi connectivity index (χ2n) is 1.14. The van der Waals surface area contributed by atoms with Crippen LogP contribution in [0.1, 0.15) is 13.3 Å². The molecular weight excluding hydrogens is 211 g/mol. The molecule has 0 saturated carbocycles. The largest absolute Gasteiger partial charge is 0.822 e. The topological polar surface area (TPSA) is 86.2 Å². The van der Waals surface area contributed by atoms with Crippen molar-refractivity contribution in [2.75, 3.05) is 5.33 Å². The smallest absolute Gasteiger partial charge is 0.00286 e. The van der Waals surface area contributed by atoms with Gasteiger partial charge in [-0.25, -0.2) is 0 Å². The molecule has 0 bridgehead atoms. The maximum absolute atomic E-state index is 8.55. The molecule has 0 heterocycles. The fourth-order valence-corrected chi connectivity index (χ4v) is 0. The highest BCUT2D eigenvalue weighted by molar-refractivity contribution is 9.09. The van der Waals surface area contributed by atoms with Crippen LogP contribution in [-0.2, 0) is 4.57 Å². The van der Waals surface area contributed by atoms with Gasteiger partial charge < -0.3 is 19.2 Å². The van der Waals surface area contributed by atoms with Gasteiger partial charge in [-0.2, -0.15) is 7.82 Å². The Balaban J connectivity index is 0. The van der Waals surface area contributed by atoms with Crippen LogP contribution in [0.25, 0.3) is 0 Å². The third-order valence-electron chi connectivity index (χ3n) is 0.189. The Kier molecular flexibility index (Phi) is 9.15. The van der Waals surface area contributed by atoms with Gasteiger partial charge in [-0.15, -0.1) is 0 Å². The van der Waals surface area contributed by atoms with E-state index in [1.54, 1.807) is 0 Å². The molecular formula is C3H7BrO4P-3. The van der Waals surface area contributed by atoms with Crippen LogP contribution in [0.5, 0.6) is 0 Å². The van der Waals surface area contributed by atoms with Gasteiger partial charge >= 0.3 is 0 Å². The third kappa shape index (κ3) is 148. The van der Waals surface area contributed by atoms with Crippen molar-refractivity contribution in [2.24, 2.45) is 0 Å². The molecule has 0 aromatic rings. The van der Waals surface area contributed by atoms with Crippen molar-refractivity contribution in [1.82, 2.24) is 0 Å². The first kappa shape index (κ1) is 12.3. The lowest BCUT2D eigenvalue weighted by Gasteiger charge is -2.36. The minimum atomic E-state index is -5.39. The van der Waals surface area contributed by atoms with E-state index >= 15 is 0 Å². The van der Waals surface area contributed by atoms with E-state index < -0.39 is 7.82 Å². The quantitative estimate of drug-likeness (QED) is 0.415. The number of halogens is 1. The van der Waals surface area contributed by atoms with Crippen molar-refractivity contribution < 1.29 is 19.2 Å². The van der Waals surface area contributed by atoms with Crippen LogP contribution in [0.4, 0.5) is 0 Å². The molecule has 58 valence electrons. The average Bonchev–Trinajstić information content (AvgIpc) is 1.61. The normalized spacial score (nSPS) is 9.89. The summed E-state index contributed by atoms with van der Waals surface area (Å²) in [6, 6.07) is 0. The van der Waals surface area contributed by atoms with Crippen molar-refractivity contribution in [3.63, 3.8) is 0 Å². The maximum atomic E-state index is 8.55. The number of rotatable bonds is 1. The van der Waals surface area contributed by atoms with E-state index in [0.29, 0.717) is 0 Å². The predicted octanol–water partition coefficient (Wildman–Crippen LogP) is -1.03.